The highest BCUT2D eigenvalue weighted by Crippen LogP contribution is 2.42. The minimum atomic E-state index is -2.17. The first-order chi connectivity index (χ1) is 17.0. The fraction of sp³-hybridized carbons (Fsp3) is 0.655. The van der Waals surface area contributed by atoms with Crippen LogP contribution < -0.4 is 10.2 Å². The van der Waals surface area contributed by atoms with E-state index in [1.54, 1.807) is 6.07 Å². The maximum Gasteiger partial charge on any atom is 0.330 e. The van der Waals surface area contributed by atoms with Crippen LogP contribution in [0.4, 0.5) is 11.4 Å². The fourth-order valence-electron chi connectivity index (χ4n) is 6.41. The summed E-state index contributed by atoms with van der Waals surface area (Å²) < 4.78 is 0. The number of hydrogen-bond donors (Lipinski definition) is 2. The van der Waals surface area contributed by atoms with Gasteiger partial charge in [-0.1, -0.05) is 72.4 Å². The van der Waals surface area contributed by atoms with Crippen molar-refractivity contribution in [2.24, 2.45) is 0 Å². The van der Waals surface area contributed by atoms with E-state index < -0.39 is 25.5 Å². The molecule has 5 nitrogen and oxygen atoms in total. The van der Waals surface area contributed by atoms with E-state index in [0.29, 0.717) is 46.2 Å². The van der Waals surface area contributed by atoms with Crippen molar-refractivity contribution < 1.29 is 14.7 Å². The summed E-state index contributed by atoms with van der Waals surface area (Å²) in [4.78, 5) is 28.2. The Hall–Kier alpha value is -1.97. The molecule has 0 unspecified atom stereocenters. The monoisotopic (exact) mass is 530 g/mol. The van der Waals surface area contributed by atoms with E-state index >= 15 is 0 Å². The first-order valence-corrected chi connectivity index (χ1v) is 16.2. The first-order valence-electron chi connectivity index (χ1n) is 13.6. The number of hydrogen-bond acceptors (Lipinski definition) is 3. The molecule has 0 bridgehead atoms. The molecule has 1 aromatic carbocycles. The largest absolute Gasteiger partial charge is 0.479 e. The first kappa shape index (κ1) is 28.6. The number of nitrogens with one attached hydrogen (secondary N) is 1. The molecule has 3 rings (SSSR count). The van der Waals surface area contributed by atoms with Crippen molar-refractivity contribution in [2.45, 2.75) is 121 Å². The van der Waals surface area contributed by atoms with Crippen LogP contribution in [0.15, 0.2) is 18.2 Å². The Morgan fingerprint density at radius 3 is 2.06 bits per heavy atom. The van der Waals surface area contributed by atoms with Gasteiger partial charge in [0, 0.05) is 11.7 Å². The van der Waals surface area contributed by atoms with Gasteiger partial charge in [0.15, 0.2) is 0 Å². The van der Waals surface area contributed by atoms with Gasteiger partial charge in [-0.15, -0.1) is 5.54 Å². The second-order valence-electron chi connectivity index (χ2n) is 11.6. The zero-order valence-corrected chi connectivity index (χ0v) is 24.5. The second kappa shape index (κ2) is 11.6. The number of nitrogens with zero attached hydrogens (tertiary/aromatic N) is 1. The van der Waals surface area contributed by atoms with Gasteiger partial charge in [-0.05, 0) is 72.8 Å². The van der Waals surface area contributed by atoms with E-state index in [9.17, 15) is 14.7 Å². The molecule has 2 saturated carbocycles. The van der Waals surface area contributed by atoms with Crippen LogP contribution in [0.5, 0.6) is 0 Å². The molecule has 0 heterocycles. The Morgan fingerprint density at radius 2 is 1.61 bits per heavy atom. The van der Waals surface area contributed by atoms with Crippen LogP contribution in [0.1, 0.15) is 92.9 Å². The van der Waals surface area contributed by atoms with Crippen molar-refractivity contribution >= 4 is 42.9 Å². The number of carbonyl (C=O) groups excluding carboxylic acids is 1. The second-order valence-corrected chi connectivity index (χ2v) is 17.6. The molecule has 7 heteroatoms. The minimum Gasteiger partial charge on any atom is -0.479 e. The maximum atomic E-state index is 13.9. The van der Waals surface area contributed by atoms with Gasteiger partial charge >= 0.3 is 11.9 Å². The van der Waals surface area contributed by atoms with Gasteiger partial charge in [-0.25, -0.2) is 4.79 Å². The molecule has 0 atom stereocenters. The number of benzene rings is 1. The van der Waals surface area contributed by atoms with Crippen LogP contribution in [0, 0.1) is 11.5 Å². The van der Waals surface area contributed by atoms with E-state index in [0.717, 1.165) is 37.8 Å². The number of halogens is 1. The predicted octanol–water partition coefficient (Wildman–Crippen LogP) is 7.65. The number of amides is 1. The summed E-state index contributed by atoms with van der Waals surface area (Å²) in [5.41, 5.74) is 4.65. The van der Waals surface area contributed by atoms with Gasteiger partial charge in [0.2, 0.25) is 0 Å². The summed E-state index contributed by atoms with van der Waals surface area (Å²) in [6.07, 6.45) is 6.78. The quantitative estimate of drug-likeness (QED) is 0.267. The molecule has 0 aliphatic heterocycles. The average Bonchev–Trinajstić information content (AvgIpc) is 2.77. The molecular formula is C29H43ClN2O3Si. The SMILES string of the molecule is CC(C)[Si](C#CC(=O)N(c1ccc(NC2CCC2)c(Cl)c1)C1(C(=O)O)CCCCC1)(C(C)C)C(C)C. The van der Waals surface area contributed by atoms with Crippen LogP contribution in [0.3, 0.4) is 0 Å². The van der Waals surface area contributed by atoms with Gasteiger partial charge in [-0.2, -0.15) is 0 Å². The lowest BCUT2D eigenvalue weighted by atomic mass is 9.79. The van der Waals surface area contributed by atoms with Crippen LogP contribution >= 0.6 is 11.6 Å². The van der Waals surface area contributed by atoms with Crippen LogP contribution in [-0.2, 0) is 9.59 Å². The van der Waals surface area contributed by atoms with Crippen LogP contribution in [0.25, 0.3) is 0 Å². The third-order valence-corrected chi connectivity index (χ3v) is 15.2. The van der Waals surface area contributed by atoms with Crippen molar-refractivity contribution in [3.8, 4) is 11.5 Å². The highest BCUT2D eigenvalue weighted by atomic mass is 35.5. The summed E-state index contributed by atoms with van der Waals surface area (Å²) in [6, 6.07) is 5.85. The zero-order chi connectivity index (χ0) is 26.7. The standard InChI is InChI=1S/C29H43ClN2O3Si/c1-20(2)36(21(3)4,22(5)6)18-15-27(33)32(29(28(34)35)16-8-7-9-17-29)24-13-14-26(25(30)19-24)31-23-11-10-12-23/h13-14,19-23,31H,7-12,16-17H2,1-6H3,(H,34,35). The summed E-state index contributed by atoms with van der Waals surface area (Å²) in [7, 11) is -2.17. The molecule has 2 aliphatic rings. The van der Waals surface area contributed by atoms with Gasteiger partial charge in [-0.3, -0.25) is 9.69 Å². The Kier molecular flexibility index (Phi) is 9.22. The van der Waals surface area contributed by atoms with Gasteiger partial charge in [0.25, 0.3) is 0 Å². The number of carboxylic acids is 1. The Labute approximate surface area is 223 Å². The van der Waals surface area contributed by atoms with E-state index in [1.165, 1.54) is 11.3 Å². The third-order valence-electron chi connectivity index (χ3n) is 8.64. The van der Waals surface area contributed by atoms with Crippen molar-refractivity contribution in [2.75, 3.05) is 10.2 Å². The number of aliphatic carboxylic acids is 1. The predicted molar refractivity (Wildman–Crippen MR) is 152 cm³/mol. The maximum absolute atomic E-state index is 13.9. The van der Waals surface area contributed by atoms with Crippen molar-refractivity contribution in [1.29, 1.82) is 0 Å². The molecule has 198 valence electrons. The molecule has 2 fully saturated rings. The smallest absolute Gasteiger partial charge is 0.330 e. The van der Waals surface area contributed by atoms with E-state index in [1.807, 2.05) is 12.1 Å². The van der Waals surface area contributed by atoms with Gasteiger partial charge < -0.3 is 10.4 Å². The lowest BCUT2D eigenvalue weighted by Gasteiger charge is -2.42. The third kappa shape index (κ3) is 5.48. The molecule has 0 spiro atoms. The normalized spacial score (nSPS) is 17.9. The molecule has 2 N–H and O–H groups in total. The van der Waals surface area contributed by atoms with Crippen molar-refractivity contribution in [3.05, 3.63) is 23.2 Å². The lowest BCUT2D eigenvalue weighted by molar-refractivity contribution is -0.146. The van der Waals surface area contributed by atoms with Gasteiger partial charge in [0.05, 0.1) is 10.7 Å². The highest BCUT2D eigenvalue weighted by Gasteiger charge is 2.48. The van der Waals surface area contributed by atoms with E-state index in [2.05, 4.69) is 58.3 Å². The topological polar surface area (TPSA) is 69.6 Å². The molecule has 0 saturated heterocycles. The molecule has 0 aromatic heterocycles. The van der Waals surface area contributed by atoms with Crippen LogP contribution in [0.2, 0.25) is 21.6 Å². The number of rotatable bonds is 8. The van der Waals surface area contributed by atoms with E-state index in [4.69, 9.17) is 11.6 Å². The number of carbonyl (C=O) groups is 2. The Morgan fingerprint density at radius 1 is 1.03 bits per heavy atom. The summed E-state index contributed by atoms with van der Waals surface area (Å²) in [5.74, 6) is 1.60. The van der Waals surface area contributed by atoms with E-state index in [-0.39, 0.29) is 0 Å². The Bertz CT molecular complexity index is 995. The van der Waals surface area contributed by atoms with Crippen molar-refractivity contribution in [1.82, 2.24) is 0 Å². The summed E-state index contributed by atoms with van der Waals surface area (Å²) >= 11 is 6.66. The molecule has 36 heavy (non-hydrogen) atoms. The molecule has 1 amide bonds. The van der Waals surface area contributed by atoms with Crippen LogP contribution in [-0.4, -0.2) is 36.6 Å². The number of anilines is 2. The minimum absolute atomic E-state index is 0.376. The zero-order valence-electron chi connectivity index (χ0n) is 22.8. The van der Waals surface area contributed by atoms with Gasteiger partial charge in [0.1, 0.15) is 13.6 Å². The number of carboxylic acid groups (broad SMARTS) is 1. The molecule has 1 aromatic rings. The molecule has 0 radical (unpaired) electrons. The Balaban J connectivity index is 2.09. The summed E-state index contributed by atoms with van der Waals surface area (Å²) in [5, 5.41) is 14.4. The molecule has 2 aliphatic carbocycles. The average molecular weight is 531 g/mol. The summed E-state index contributed by atoms with van der Waals surface area (Å²) in [6.45, 7) is 13.2. The lowest BCUT2D eigenvalue weighted by Crippen LogP contribution is -2.58. The molecular weight excluding hydrogens is 488 g/mol. The fourth-order valence-corrected chi connectivity index (χ4v) is 11.8. The van der Waals surface area contributed by atoms with Crippen molar-refractivity contribution in [3.63, 3.8) is 0 Å². The highest BCUT2D eigenvalue weighted by molar-refractivity contribution is 6.90.